The number of carbonyl (C=O) groups is 2. The first kappa shape index (κ1) is 18.3. The van der Waals surface area contributed by atoms with Crippen molar-refractivity contribution in [3.05, 3.63) is 35.4 Å². The van der Waals surface area contributed by atoms with Crippen molar-refractivity contribution in [3.63, 3.8) is 0 Å². The number of nitrogens with one attached hydrogen (secondary N) is 2. The standard InChI is InChI=1S/C18H27N3O3/c1-4-21(11-17(22)23)16-9-15(10-16)20-18(24)19-13(3)14-7-5-12(2)6-8-14/h5-8,13,15-16H,4,9-11H2,1-3H3,(H,22,23)(H2,19,20,24). The molecule has 3 N–H and O–H groups in total. The number of amides is 2. The van der Waals surface area contributed by atoms with Crippen LogP contribution in [0.1, 0.15) is 43.9 Å². The summed E-state index contributed by atoms with van der Waals surface area (Å²) in [6, 6.07) is 8.23. The van der Waals surface area contributed by atoms with Crippen molar-refractivity contribution >= 4 is 12.0 Å². The molecule has 1 aromatic carbocycles. The Hall–Kier alpha value is -2.08. The number of aliphatic carboxylic acids is 1. The fraction of sp³-hybridized carbons (Fsp3) is 0.556. The number of carbonyl (C=O) groups excluding carboxylic acids is 1. The van der Waals surface area contributed by atoms with Gasteiger partial charge in [-0.3, -0.25) is 9.69 Å². The maximum atomic E-state index is 12.1. The largest absolute Gasteiger partial charge is 0.480 e. The number of carboxylic acids is 1. The number of benzene rings is 1. The molecule has 1 unspecified atom stereocenters. The molecule has 24 heavy (non-hydrogen) atoms. The summed E-state index contributed by atoms with van der Waals surface area (Å²) in [6.45, 7) is 6.72. The van der Waals surface area contributed by atoms with Crippen molar-refractivity contribution in [2.24, 2.45) is 0 Å². The van der Waals surface area contributed by atoms with Gasteiger partial charge >= 0.3 is 12.0 Å². The zero-order valence-corrected chi connectivity index (χ0v) is 14.6. The van der Waals surface area contributed by atoms with E-state index in [0.717, 1.165) is 18.4 Å². The number of nitrogens with zero attached hydrogens (tertiary/aromatic N) is 1. The van der Waals surface area contributed by atoms with Gasteiger partial charge in [-0.2, -0.15) is 0 Å². The van der Waals surface area contributed by atoms with Gasteiger partial charge in [-0.05, 0) is 38.8 Å². The van der Waals surface area contributed by atoms with Crippen molar-refractivity contribution < 1.29 is 14.7 Å². The summed E-state index contributed by atoms with van der Waals surface area (Å²) in [4.78, 5) is 24.9. The van der Waals surface area contributed by atoms with E-state index in [1.165, 1.54) is 5.56 Å². The number of hydrogen-bond donors (Lipinski definition) is 3. The molecule has 1 aliphatic carbocycles. The molecule has 0 aromatic heterocycles. The zero-order valence-electron chi connectivity index (χ0n) is 14.6. The van der Waals surface area contributed by atoms with Crippen LogP contribution in [0.2, 0.25) is 0 Å². The predicted molar refractivity (Wildman–Crippen MR) is 93.0 cm³/mol. The molecule has 0 spiro atoms. The third-order valence-electron chi connectivity index (χ3n) is 4.63. The predicted octanol–water partition coefficient (Wildman–Crippen LogP) is 2.29. The first-order chi connectivity index (χ1) is 11.4. The van der Waals surface area contributed by atoms with E-state index in [0.29, 0.717) is 6.54 Å². The van der Waals surface area contributed by atoms with Gasteiger partial charge in [0.15, 0.2) is 0 Å². The lowest BCUT2D eigenvalue weighted by Crippen LogP contribution is -2.56. The zero-order chi connectivity index (χ0) is 17.7. The Morgan fingerprint density at radius 2 is 1.92 bits per heavy atom. The van der Waals surface area contributed by atoms with Crippen LogP contribution in [0.4, 0.5) is 4.79 Å². The van der Waals surface area contributed by atoms with E-state index in [-0.39, 0.29) is 30.7 Å². The van der Waals surface area contributed by atoms with Crippen LogP contribution in [0.25, 0.3) is 0 Å². The van der Waals surface area contributed by atoms with E-state index >= 15 is 0 Å². The van der Waals surface area contributed by atoms with Gasteiger partial charge in [-0.1, -0.05) is 36.8 Å². The summed E-state index contributed by atoms with van der Waals surface area (Å²) in [5, 5.41) is 14.8. The molecule has 1 atom stereocenters. The normalized spacial score (nSPS) is 21.0. The van der Waals surface area contributed by atoms with Crippen LogP contribution in [-0.2, 0) is 4.79 Å². The minimum atomic E-state index is -0.807. The molecule has 1 aliphatic rings. The monoisotopic (exact) mass is 333 g/mol. The molecule has 6 heteroatoms. The van der Waals surface area contributed by atoms with Crippen molar-refractivity contribution in [1.82, 2.24) is 15.5 Å². The van der Waals surface area contributed by atoms with E-state index in [1.807, 2.05) is 49.9 Å². The molecule has 6 nitrogen and oxygen atoms in total. The third-order valence-corrected chi connectivity index (χ3v) is 4.63. The van der Waals surface area contributed by atoms with Crippen LogP contribution in [0.3, 0.4) is 0 Å². The van der Waals surface area contributed by atoms with Crippen LogP contribution >= 0.6 is 0 Å². The van der Waals surface area contributed by atoms with E-state index in [2.05, 4.69) is 10.6 Å². The molecular formula is C18H27N3O3. The summed E-state index contributed by atoms with van der Waals surface area (Å²) in [6.07, 6.45) is 1.60. The van der Waals surface area contributed by atoms with E-state index < -0.39 is 5.97 Å². The Kier molecular flexibility index (Phi) is 6.20. The second-order valence-corrected chi connectivity index (χ2v) is 6.53. The van der Waals surface area contributed by atoms with Gasteiger partial charge < -0.3 is 15.7 Å². The van der Waals surface area contributed by atoms with Crippen LogP contribution in [0.5, 0.6) is 0 Å². The molecule has 2 amide bonds. The third kappa shape index (κ3) is 4.96. The highest BCUT2D eigenvalue weighted by Crippen LogP contribution is 2.25. The fourth-order valence-corrected chi connectivity index (χ4v) is 3.04. The second-order valence-electron chi connectivity index (χ2n) is 6.53. The molecule has 1 saturated carbocycles. The van der Waals surface area contributed by atoms with Gasteiger partial charge in [0, 0.05) is 12.1 Å². The minimum absolute atomic E-state index is 0.0550. The highest BCUT2D eigenvalue weighted by molar-refractivity contribution is 5.75. The number of urea groups is 1. The lowest BCUT2D eigenvalue weighted by molar-refractivity contribution is -0.139. The number of aryl methyl sites for hydroxylation is 1. The summed E-state index contributed by atoms with van der Waals surface area (Å²) in [5.41, 5.74) is 2.26. The van der Waals surface area contributed by atoms with Crippen LogP contribution in [-0.4, -0.2) is 47.2 Å². The van der Waals surface area contributed by atoms with Gasteiger partial charge in [0.05, 0.1) is 12.6 Å². The van der Waals surface area contributed by atoms with Crippen LogP contribution in [0.15, 0.2) is 24.3 Å². The number of rotatable bonds is 7. The molecule has 0 heterocycles. The smallest absolute Gasteiger partial charge is 0.317 e. The maximum absolute atomic E-state index is 12.1. The molecule has 0 bridgehead atoms. The Morgan fingerprint density at radius 1 is 1.29 bits per heavy atom. The average molecular weight is 333 g/mol. The quantitative estimate of drug-likeness (QED) is 0.715. The maximum Gasteiger partial charge on any atom is 0.317 e. The van der Waals surface area contributed by atoms with E-state index in [4.69, 9.17) is 5.11 Å². The molecule has 1 aromatic rings. The number of hydrogen-bond acceptors (Lipinski definition) is 3. The van der Waals surface area contributed by atoms with Crippen molar-refractivity contribution in [2.75, 3.05) is 13.1 Å². The first-order valence-electron chi connectivity index (χ1n) is 8.48. The van der Waals surface area contributed by atoms with Crippen LogP contribution < -0.4 is 10.6 Å². The van der Waals surface area contributed by atoms with Crippen molar-refractivity contribution in [2.45, 2.75) is 51.7 Å². The van der Waals surface area contributed by atoms with Gasteiger partial charge in [0.2, 0.25) is 0 Å². The molecular weight excluding hydrogens is 306 g/mol. The van der Waals surface area contributed by atoms with Crippen LogP contribution in [0, 0.1) is 6.92 Å². The minimum Gasteiger partial charge on any atom is -0.480 e. The molecule has 0 aliphatic heterocycles. The first-order valence-corrected chi connectivity index (χ1v) is 8.48. The summed E-state index contributed by atoms with van der Waals surface area (Å²) in [5.74, 6) is -0.807. The fourth-order valence-electron chi connectivity index (χ4n) is 3.04. The van der Waals surface area contributed by atoms with E-state index in [9.17, 15) is 9.59 Å². The summed E-state index contributed by atoms with van der Waals surface area (Å²) in [7, 11) is 0. The number of carboxylic acid groups (broad SMARTS) is 1. The SMILES string of the molecule is CCN(CC(=O)O)C1CC(NC(=O)NC(C)c2ccc(C)cc2)C1. The highest BCUT2D eigenvalue weighted by atomic mass is 16.4. The molecule has 0 saturated heterocycles. The Morgan fingerprint density at radius 3 is 2.46 bits per heavy atom. The Balaban J connectivity index is 1.74. The molecule has 1 fully saturated rings. The van der Waals surface area contributed by atoms with Gasteiger partial charge in [0.25, 0.3) is 0 Å². The lowest BCUT2D eigenvalue weighted by atomic mass is 9.85. The summed E-state index contributed by atoms with van der Waals surface area (Å²) >= 11 is 0. The molecule has 0 radical (unpaired) electrons. The van der Waals surface area contributed by atoms with Gasteiger partial charge in [-0.25, -0.2) is 4.79 Å². The Labute approximate surface area is 143 Å². The number of likely N-dealkylation sites (N-methyl/N-ethyl adjacent to an activating group) is 1. The average Bonchev–Trinajstić information content (AvgIpc) is 2.48. The van der Waals surface area contributed by atoms with Crippen molar-refractivity contribution in [3.8, 4) is 0 Å². The van der Waals surface area contributed by atoms with Crippen molar-refractivity contribution in [1.29, 1.82) is 0 Å². The highest BCUT2D eigenvalue weighted by Gasteiger charge is 2.34. The lowest BCUT2D eigenvalue weighted by Gasteiger charge is -2.42. The topological polar surface area (TPSA) is 81.7 Å². The summed E-state index contributed by atoms with van der Waals surface area (Å²) < 4.78 is 0. The van der Waals surface area contributed by atoms with E-state index in [1.54, 1.807) is 0 Å². The van der Waals surface area contributed by atoms with Gasteiger partial charge in [0.1, 0.15) is 0 Å². The van der Waals surface area contributed by atoms with Gasteiger partial charge in [-0.15, -0.1) is 0 Å². The molecule has 132 valence electrons. The molecule has 2 rings (SSSR count). The Bertz CT molecular complexity index is 567. The second kappa shape index (κ2) is 8.15.